The van der Waals surface area contributed by atoms with E-state index in [1.54, 1.807) is 12.0 Å². The van der Waals surface area contributed by atoms with Crippen LogP contribution in [0, 0.1) is 5.92 Å². The zero-order valence-corrected chi connectivity index (χ0v) is 22.9. The SMILES string of the molecule is CN(C)c1ccccc1.COC1COCCC1NC1CCC(C(=O)N2CCc3ncc(C(F)(F)F)cc3C2)C1. The van der Waals surface area contributed by atoms with Gasteiger partial charge in [-0.15, -0.1) is 0 Å². The highest BCUT2D eigenvalue weighted by Gasteiger charge is 2.37. The third-order valence-corrected chi connectivity index (χ3v) is 7.79. The Kier molecular flexibility index (Phi) is 9.85. The zero-order chi connectivity index (χ0) is 28.0. The van der Waals surface area contributed by atoms with Gasteiger partial charge in [-0.05, 0) is 49.4 Å². The Bertz CT molecular complexity index is 1080. The molecule has 1 aromatic heterocycles. The van der Waals surface area contributed by atoms with E-state index in [4.69, 9.17) is 9.47 Å². The van der Waals surface area contributed by atoms with E-state index in [1.807, 2.05) is 32.3 Å². The zero-order valence-electron chi connectivity index (χ0n) is 22.9. The molecule has 4 atom stereocenters. The summed E-state index contributed by atoms with van der Waals surface area (Å²) < 4.78 is 50.0. The number of amides is 1. The third-order valence-electron chi connectivity index (χ3n) is 7.79. The number of carbonyl (C=O) groups is 1. The van der Waals surface area contributed by atoms with E-state index in [-0.39, 0.29) is 36.6 Å². The lowest BCUT2D eigenvalue weighted by molar-refractivity contribution is -0.138. The molecule has 2 fully saturated rings. The first kappa shape index (κ1) is 29.3. The van der Waals surface area contributed by atoms with Gasteiger partial charge in [0, 0.05) is 82.9 Å². The summed E-state index contributed by atoms with van der Waals surface area (Å²) in [4.78, 5) is 20.8. The smallest absolute Gasteiger partial charge is 0.379 e. The number of carbonyl (C=O) groups excluding carboxylic acids is 1. The second kappa shape index (κ2) is 13.1. The lowest BCUT2D eigenvalue weighted by Gasteiger charge is -2.33. The van der Waals surface area contributed by atoms with Gasteiger partial charge in [0.05, 0.1) is 18.3 Å². The maximum atomic E-state index is 13.1. The Labute approximate surface area is 228 Å². The van der Waals surface area contributed by atoms with E-state index >= 15 is 0 Å². The molecule has 7 nitrogen and oxygen atoms in total. The number of fused-ring (bicyclic) bond motifs is 1. The molecule has 2 aliphatic heterocycles. The number of alkyl halides is 3. The van der Waals surface area contributed by atoms with Crippen molar-refractivity contribution in [2.75, 3.05) is 45.9 Å². The average Bonchev–Trinajstić information content (AvgIpc) is 3.41. The topological polar surface area (TPSA) is 66.9 Å². The van der Waals surface area contributed by atoms with Crippen molar-refractivity contribution in [1.29, 1.82) is 0 Å². The molecule has 0 radical (unpaired) electrons. The van der Waals surface area contributed by atoms with Crippen LogP contribution in [0.15, 0.2) is 42.6 Å². The molecule has 1 N–H and O–H groups in total. The van der Waals surface area contributed by atoms with Crippen LogP contribution in [0.5, 0.6) is 0 Å². The van der Waals surface area contributed by atoms with Crippen LogP contribution in [-0.4, -0.2) is 74.9 Å². The molecule has 5 rings (SSSR count). The Morgan fingerprint density at radius 1 is 1.18 bits per heavy atom. The van der Waals surface area contributed by atoms with Gasteiger partial charge in [-0.3, -0.25) is 9.78 Å². The van der Waals surface area contributed by atoms with Crippen molar-refractivity contribution in [2.24, 2.45) is 5.92 Å². The van der Waals surface area contributed by atoms with E-state index in [9.17, 15) is 18.0 Å². The number of rotatable bonds is 5. The highest BCUT2D eigenvalue weighted by atomic mass is 19.4. The number of para-hydroxylation sites is 1. The summed E-state index contributed by atoms with van der Waals surface area (Å²) in [7, 11) is 5.76. The molecule has 0 bridgehead atoms. The molecule has 1 aromatic carbocycles. The summed E-state index contributed by atoms with van der Waals surface area (Å²) in [6, 6.07) is 11.9. The second-order valence-corrected chi connectivity index (χ2v) is 10.7. The molecule has 2 aromatic rings. The summed E-state index contributed by atoms with van der Waals surface area (Å²) in [5.74, 6) is -0.0544. The van der Waals surface area contributed by atoms with Gasteiger partial charge < -0.3 is 24.6 Å². The van der Waals surface area contributed by atoms with Crippen LogP contribution in [0.4, 0.5) is 18.9 Å². The molecule has 1 saturated carbocycles. The fourth-order valence-electron chi connectivity index (χ4n) is 5.55. The van der Waals surface area contributed by atoms with Crippen molar-refractivity contribution >= 4 is 11.6 Å². The molecule has 1 aliphatic carbocycles. The number of pyridine rings is 1. The minimum absolute atomic E-state index is 0.0161. The lowest BCUT2D eigenvalue weighted by Crippen LogP contribution is -2.50. The molecular weight excluding hydrogens is 509 g/mol. The van der Waals surface area contributed by atoms with Crippen molar-refractivity contribution in [3.8, 4) is 0 Å². The largest absolute Gasteiger partial charge is 0.417 e. The van der Waals surface area contributed by atoms with Crippen molar-refractivity contribution in [1.82, 2.24) is 15.2 Å². The van der Waals surface area contributed by atoms with Crippen LogP contribution in [-0.2, 0) is 33.4 Å². The van der Waals surface area contributed by atoms with Gasteiger partial charge in [0.1, 0.15) is 0 Å². The first-order valence-electron chi connectivity index (χ1n) is 13.6. The van der Waals surface area contributed by atoms with E-state index in [1.165, 1.54) is 5.69 Å². The molecule has 4 unspecified atom stereocenters. The number of halogens is 3. The Hall–Kier alpha value is -2.69. The maximum absolute atomic E-state index is 13.1. The highest BCUT2D eigenvalue weighted by Crippen LogP contribution is 2.33. The van der Waals surface area contributed by atoms with Gasteiger partial charge >= 0.3 is 6.18 Å². The molecule has 10 heteroatoms. The number of nitrogens with one attached hydrogen (secondary N) is 1. The van der Waals surface area contributed by atoms with Crippen LogP contribution >= 0.6 is 0 Å². The monoisotopic (exact) mass is 548 g/mol. The van der Waals surface area contributed by atoms with E-state index in [0.717, 1.165) is 37.9 Å². The van der Waals surface area contributed by atoms with Crippen molar-refractivity contribution in [3.05, 3.63) is 59.4 Å². The first-order valence-corrected chi connectivity index (χ1v) is 13.6. The summed E-state index contributed by atoms with van der Waals surface area (Å²) in [5, 5.41) is 3.64. The van der Waals surface area contributed by atoms with Crippen LogP contribution in [0.25, 0.3) is 0 Å². The van der Waals surface area contributed by atoms with E-state index < -0.39 is 11.7 Å². The number of methoxy groups -OCH3 is 1. The minimum atomic E-state index is -4.43. The van der Waals surface area contributed by atoms with Gasteiger partial charge in [0.15, 0.2) is 0 Å². The summed E-state index contributed by atoms with van der Waals surface area (Å²) in [6.07, 6.45) is 0.293. The lowest BCUT2D eigenvalue weighted by atomic mass is 10.00. The van der Waals surface area contributed by atoms with Crippen molar-refractivity contribution < 1.29 is 27.4 Å². The number of aromatic nitrogens is 1. The molecule has 3 aliphatic rings. The molecule has 1 amide bonds. The fourth-order valence-corrected chi connectivity index (χ4v) is 5.55. The Morgan fingerprint density at radius 2 is 1.95 bits per heavy atom. The molecule has 214 valence electrons. The van der Waals surface area contributed by atoms with Gasteiger partial charge in [0.25, 0.3) is 0 Å². The molecule has 1 saturated heterocycles. The van der Waals surface area contributed by atoms with Gasteiger partial charge in [-0.1, -0.05) is 18.2 Å². The van der Waals surface area contributed by atoms with Crippen LogP contribution in [0.2, 0.25) is 0 Å². The number of benzene rings is 1. The fraction of sp³-hybridized carbons (Fsp3) is 0.586. The third kappa shape index (κ3) is 7.70. The van der Waals surface area contributed by atoms with Crippen LogP contribution in [0.1, 0.15) is 42.5 Å². The number of anilines is 1. The van der Waals surface area contributed by atoms with Crippen molar-refractivity contribution in [2.45, 2.75) is 63.0 Å². The number of nitrogens with zero attached hydrogens (tertiary/aromatic N) is 3. The Morgan fingerprint density at radius 3 is 2.62 bits per heavy atom. The van der Waals surface area contributed by atoms with Crippen molar-refractivity contribution in [3.63, 3.8) is 0 Å². The summed E-state index contributed by atoms with van der Waals surface area (Å²) >= 11 is 0. The molecule has 3 heterocycles. The van der Waals surface area contributed by atoms with Crippen LogP contribution < -0.4 is 10.2 Å². The quantitative estimate of drug-likeness (QED) is 0.601. The molecular formula is C29H39F3N4O3. The summed E-state index contributed by atoms with van der Waals surface area (Å²) in [6.45, 7) is 1.98. The average molecular weight is 549 g/mol. The standard InChI is InChI=1S/C21H28F3N3O3.C8H11N/c1-29-19-12-30-7-5-18(19)26-16-3-2-13(9-16)20(28)27-6-4-17-14(11-27)8-15(10-25-17)21(22,23)24;1-9(2)8-6-4-3-5-7-8/h8,10,13,16,18-19,26H,2-7,9,11-12H2,1H3;3-7H,1-2H3. The predicted octanol–water partition coefficient (Wildman–Crippen LogP) is 4.30. The molecule has 39 heavy (non-hydrogen) atoms. The minimum Gasteiger partial charge on any atom is -0.379 e. The summed E-state index contributed by atoms with van der Waals surface area (Å²) in [5.41, 5.74) is 1.65. The van der Waals surface area contributed by atoms with Gasteiger partial charge in [-0.25, -0.2) is 0 Å². The number of hydrogen-bond donors (Lipinski definition) is 1. The van der Waals surface area contributed by atoms with Gasteiger partial charge in [0.2, 0.25) is 5.91 Å². The number of ether oxygens (including phenoxy) is 2. The normalized spacial score (nSPS) is 24.9. The maximum Gasteiger partial charge on any atom is 0.417 e. The van der Waals surface area contributed by atoms with Crippen LogP contribution in [0.3, 0.4) is 0 Å². The second-order valence-electron chi connectivity index (χ2n) is 10.7. The molecule has 0 spiro atoms. The van der Waals surface area contributed by atoms with E-state index in [2.05, 4.69) is 27.3 Å². The Balaban J connectivity index is 0.000000333. The predicted molar refractivity (Wildman–Crippen MR) is 143 cm³/mol. The first-order chi connectivity index (χ1) is 18.7. The van der Waals surface area contributed by atoms with E-state index in [0.29, 0.717) is 37.4 Å². The van der Waals surface area contributed by atoms with Gasteiger partial charge in [-0.2, -0.15) is 13.2 Å². The number of hydrogen-bond acceptors (Lipinski definition) is 6. The highest BCUT2D eigenvalue weighted by molar-refractivity contribution is 5.79.